The number of anilines is 2. The van der Waals surface area contributed by atoms with Crippen molar-refractivity contribution in [2.75, 3.05) is 17.9 Å². The van der Waals surface area contributed by atoms with Crippen LogP contribution in [0.3, 0.4) is 0 Å². The lowest BCUT2D eigenvalue weighted by molar-refractivity contribution is -0.133. The van der Waals surface area contributed by atoms with Crippen LogP contribution in [-0.2, 0) is 24.3 Å². The van der Waals surface area contributed by atoms with Gasteiger partial charge in [-0.2, -0.15) is 5.10 Å². The summed E-state index contributed by atoms with van der Waals surface area (Å²) in [7, 11) is -2.71. The van der Waals surface area contributed by atoms with E-state index in [1.54, 1.807) is 5.38 Å². The van der Waals surface area contributed by atoms with Gasteiger partial charge in [0.1, 0.15) is 0 Å². The molecule has 0 bridgehead atoms. The number of hydrazone groups is 1. The number of nitrogens with one attached hydrogen (secondary N) is 2. The van der Waals surface area contributed by atoms with Crippen LogP contribution in [0.2, 0.25) is 0 Å². The molecule has 0 spiro atoms. The standard InChI is InChI=1S/C13H13N5O5S2/c1-23-12(20)10(11(19)16-13-15-6-7-24-13)18-17-8-2-4-9(5-3-8)25(14,21)22/h2-7,17H,1H3,(H2,14,21,22)(H,15,16,19)/b18-10-. The van der Waals surface area contributed by atoms with Gasteiger partial charge in [-0.3, -0.25) is 15.5 Å². The first kappa shape index (κ1) is 18.5. The fourth-order valence-electron chi connectivity index (χ4n) is 1.57. The summed E-state index contributed by atoms with van der Waals surface area (Å²) in [6.07, 6.45) is 1.49. The molecule has 2 rings (SSSR count). The second-order valence-corrected chi connectivity index (χ2v) is 6.88. The number of nitrogens with zero attached hydrogens (tertiary/aromatic N) is 2. The maximum atomic E-state index is 12.1. The number of esters is 1. The van der Waals surface area contributed by atoms with Crippen LogP contribution < -0.4 is 15.9 Å². The van der Waals surface area contributed by atoms with Crippen LogP contribution in [0.5, 0.6) is 0 Å². The summed E-state index contributed by atoms with van der Waals surface area (Å²) in [4.78, 5) is 27.6. The molecule has 1 aromatic heterocycles. The van der Waals surface area contributed by atoms with Crippen molar-refractivity contribution < 1.29 is 22.7 Å². The second kappa shape index (κ2) is 7.83. The van der Waals surface area contributed by atoms with E-state index in [-0.39, 0.29) is 4.90 Å². The highest BCUT2D eigenvalue weighted by atomic mass is 32.2. The first-order chi connectivity index (χ1) is 11.8. The number of hydrogen-bond donors (Lipinski definition) is 3. The lowest BCUT2D eigenvalue weighted by Gasteiger charge is -2.06. The number of aromatic nitrogens is 1. The van der Waals surface area contributed by atoms with Gasteiger partial charge in [-0.15, -0.1) is 11.3 Å². The van der Waals surface area contributed by atoms with E-state index in [2.05, 4.69) is 25.6 Å². The van der Waals surface area contributed by atoms with Crippen molar-refractivity contribution in [3.8, 4) is 0 Å². The Kier molecular flexibility index (Phi) is 5.80. The zero-order valence-corrected chi connectivity index (χ0v) is 14.4. The van der Waals surface area contributed by atoms with Crippen LogP contribution in [0.25, 0.3) is 0 Å². The highest BCUT2D eigenvalue weighted by Crippen LogP contribution is 2.13. The summed E-state index contributed by atoms with van der Waals surface area (Å²) in [5, 5.41) is 13.1. The van der Waals surface area contributed by atoms with Gasteiger partial charge in [-0.1, -0.05) is 0 Å². The lowest BCUT2D eigenvalue weighted by Crippen LogP contribution is -2.31. The molecule has 2 aromatic rings. The number of carbonyl (C=O) groups excluding carboxylic acids is 2. The van der Waals surface area contributed by atoms with Gasteiger partial charge < -0.3 is 4.74 Å². The van der Waals surface area contributed by atoms with Gasteiger partial charge in [0.05, 0.1) is 17.7 Å². The molecule has 4 N–H and O–H groups in total. The van der Waals surface area contributed by atoms with Crippen LogP contribution in [0.4, 0.5) is 10.8 Å². The van der Waals surface area contributed by atoms with E-state index in [1.165, 1.54) is 41.8 Å². The molecule has 132 valence electrons. The Hall–Kier alpha value is -2.83. The zero-order chi connectivity index (χ0) is 18.4. The number of carbonyl (C=O) groups is 2. The predicted octanol–water partition coefficient (Wildman–Crippen LogP) is 0.370. The van der Waals surface area contributed by atoms with Gasteiger partial charge in [-0.05, 0) is 24.3 Å². The molecule has 0 atom stereocenters. The van der Waals surface area contributed by atoms with E-state index in [1.807, 2.05) is 0 Å². The highest BCUT2D eigenvalue weighted by Gasteiger charge is 2.22. The van der Waals surface area contributed by atoms with E-state index >= 15 is 0 Å². The molecule has 1 heterocycles. The van der Waals surface area contributed by atoms with Gasteiger partial charge in [0, 0.05) is 11.6 Å². The largest absolute Gasteiger partial charge is 0.464 e. The molecule has 0 saturated heterocycles. The summed E-state index contributed by atoms with van der Waals surface area (Å²) >= 11 is 1.17. The minimum Gasteiger partial charge on any atom is -0.464 e. The molecular formula is C13H13N5O5S2. The van der Waals surface area contributed by atoms with E-state index in [9.17, 15) is 18.0 Å². The molecule has 0 aliphatic rings. The normalized spacial score (nSPS) is 11.7. The molecule has 0 unspecified atom stereocenters. The summed E-state index contributed by atoms with van der Waals surface area (Å²) in [5.41, 5.74) is 2.27. The number of nitrogens with two attached hydrogens (primary N) is 1. The van der Waals surface area contributed by atoms with Crippen molar-refractivity contribution in [3.63, 3.8) is 0 Å². The van der Waals surface area contributed by atoms with E-state index in [4.69, 9.17) is 5.14 Å². The number of hydrogen-bond acceptors (Lipinski definition) is 9. The average molecular weight is 383 g/mol. The molecule has 0 aliphatic heterocycles. The number of rotatable bonds is 6. The highest BCUT2D eigenvalue weighted by molar-refractivity contribution is 7.89. The van der Waals surface area contributed by atoms with Crippen molar-refractivity contribution in [1.82, 2.24) is 4.98 Å². The topological polar surface area (TPSA) is 153 Å². The summed E-state index contributed by atoms with van der Waals surface area (Å²) in [6, 6.07) is 5.25. The van der Waals surface area contributed by atoms with Gasteiger partial charge in [0.15, 0.2) is 5.13 Å². The Bertz CT molecular complexity index is 891. The third-order valence-corrected chi connectivity index (χ3v) is 4.34. The minimum absolute atomic E-state index is 0.0864. The second-order valence-electron chi connectivity index (χ2n) is 4.42. The Morgan fingerprint density at radius 3 is 2.48 bits per heavy atom. The Morgan fingerprint density at radius 1 is 1.28 bits per heavy atom. The number of sulfonamides is 1. The molecule has 12 heteroatoms. The molecule has 1 amide bonds. The number of methoxy groups -OCH3 is 1. The Balaban J connectivity index is 2.17. The number of ether oxygens (including phenoxy) is 1. The van der Waals surface area contributed by atoms with Gasteiger partial charge in [0.25, 0.3) is 5.91 Å². The molecule has 0 fully saturated rings. The smallest absolute Gasteiger partial charge is 0.364 e. The van der Waals surface area contributed by atoms with Crippen LogP contribution in [-0.4, -0.2) is 38.1 Å². The molecule has 25 heavy (non-hydrogen) atoms. The van der Waals surface area contributed by atoms with Crippen LogP contribution in [0.15, 0.2) is 45.8 Å². The monoisotopic (exact) mass is 383 g/mol. The van der Waals surface area contributed by atoms with E-state index < -0.39 is 27.6 Å². The van der Waals surface area contributed by atoms with Crippen molar-refractivity contribution in [2.24, 2.45) is 10.2 Å². The third kappa shape index (κ3) is 5.07. The van der Waals surface area contributed by atoms with Crippen molar-refractivity contribution in [3.05, 3.63) is 35.8 Å². The fourth-order valence-corrected chi connectivity index (χ4v) is 2.61. The molecule has 1 aromatic carbocycles. The van der Waals surface area contributed by atoms with Crippen molar-refractivity contribution in [2.45, 2.75) is 4.90 Å². The fraction of sp³-hybridized carbons (Fsp3) is 0.0769. The third-order valence-electron chi connectivity index (χ3n) is 2.73. The molecular weight excluding hydrogens is 370 g/mol. The van der Waals surface area contributed by atoms with Crippen LogP contribution in [0.1, 0.15) is 0 Å². The van der Waals surface area contributed by atoms with Gasteiger partial charge in [-0.25, -0.2) is 23.3 Å². The predicted molar refractivity (Wildman–Crippen MR) is 91.6 cm³/mol. The minimum atomic E-state index is -3.82. The number of benzene rings is 1. The maximum absolute atomic E-state index is 12.1. The average Bonchev–Trinajstić information content (AvgIpc) is 3.07. The van der Waals surface area contributed by atoms with Crippen LogP contribution >= 0.6 is 11.3 Å². The first-order valence-electron chi connectivity index (χ1n) is 6.57. The van der Waals surface area contributed by atoms with Gasteiger partial charge in [0.2, 0.25) is 15.7 Å². The number of primary sulfonamides is 1. The number of amides is 1. The Labute approximate surface area is 146 Å². The van der Waals surface area contributed by atoms with Crippen molar-refractivity contribution in [1.29, 1.82) is 0 Å². The quantitative estimate of drug-likeness (QED) is 0.282. The SMILES string of the molecule is COC(=O)/C(=N\Nc1ccc(S(N)(=O)=O)cc1)C(=O)Nc1nccs1. The molecule has 0 radical (unpaired) electrons. The number of thiazole rings is 1. The van der Waals surface area contributed by atoms with Gasteiger partial charge >= 0.3 is 5.97 Å². The van der Waals surface area contributed by atoms with Crippen molar-refractivity contribution >= 4 is 49.8 Å². The summed E-state index contributed by atoms with van der Waals surface area (Å²) < 4.78 is 26.9. The Morgan fingerprint density at radius 2 is 1.96 bits per heavy atom. The van der Waals surface area contributed by atoms with Crippen LogP contribution in [0, 0.1) is 0 Å². The summed E-state index contributed by atoms with van der Waals surface area (Å²) in [5.74, 6) is -1.77. The molecule has 10 nitrogen and oxygen atoms in total. The maximum Gasteiger partial charge on any atom is 0.364 e. The van der Waals surface area contributed by atoms with E-state index in [0.717, 1.165) is 7.11 Å². The molecule has 0 aliphatic carbocycles. The zero-order valence-electron chi connectivity index (χ0n) is 12.8. The summed E-state index contributed by atoms with van der Waals surface area (Å²) in [6.45, 7) is 0. The molecule has 0 saturated carbocycles. The van der Waals surface area contributed by atoms with E-state index in [0.29, 0.717) is 10.8 Å². The first-order valence-corrected chi connectivity index (χ1v) is 8.99. The lowest BCUT2D eigenvalue weighted by atomic mass is 10.3.